The van der Waals surface area contributed by atoms with Gasteiger partial charge in [-0.1, -0.05) is 35.6 Å². The first kappa shape index (κ1) is 24.1. The lowest BCUT2D eigenvalue weighted by atomic mass is 9.98. The zero-order valence-corrected chi connectivity index (χ0v) is 18.6. The molecule has 0 saturated heterocycles. The van der Waals surface area contributed by atoms with Gasteiger partial charge in [-0.2, -0.15) is 0 Å². The van der Waals surface area contributed by atoms with E-state index in [9.17, 15) is 4.57 Å². The third-order valence-corrected chi connectivity index (χ3v) is 5.71. The molecule has 2 aromatic rings. The van der Waals surface area contributed by atoms with Crippen LogP contribution in [0.25, 0.3) is 0 Å². The lowest BCUT2D eigenvalue weighted by molar-refractivity contribution is 0.126. The number of ether oxygens (including phenoxy) is 1. The Hall–Kier alpha value is -1.20. The van der Waals surface area contributed by atoms with Crippen molar-refractivity contribution in [2.45, 2.75) is 38.3 Å². The first-order valence-corrected chi connectivity index (χ1v) is 11.7. The van der Waals surface area contributed by atoms with E-state index in [0.29, 0.717) is 37.5 Å². The van der Waals surface area contributed by atoms with Crippen LogP contribution in [0.2, 0.25) is 5.02 Å². The summed E-state index contributed by atoms with van der Waals surface area (Å²) in [5.74, 6) is 6.23. The van der Waals surface area contributed by atoms with E-state index in [1.165, 1.54) is 0 Å². The maximum absolute atomic E-state index is 10.8. The van der Waals surface area contributed by atoms with Crippen LogP contribution in [0.3, 0.4) is 0 Å². The number of hydrogen-bond donors (Lipinski definition) is 3. The molecule has 29 heavy (non-hydrogen) atoms. The fraction of sp³-hybridized carbons (Fsp3) is 0.400. The molecule has 0 aliphatic rings. The van der Waals surface area contributed by atoms with Gasteiger partial charge in [-0.05, 0) is 49.6 Å². The average molecular weight is 458 g/mol. The Balaban J connectivity index is 1.69. The second-order valence-electron chi connectivity index (χ2n) is 6.91. The molecule has 6 nitrogen and oxygen atoms in total. The highest BCUT2D eigenvalue weighted by molar-refractivity contribution is 7.46. The number of benzene rings is 1. The molecule has 0 aliphatic heterocycles. The first-order valence-electron chi connectivity index (χ1n) is 9.02. The third-order valence-electron chi connectivity index (χ3n) is 3.93. The van der Waals surface area contributed by atoms with Crippen molar-refractivity contribution in [2.24, 2.45) is 5.73 Å². The van der Waals surface area contributed by atoms with E-state index < -0.39 is 13.4 Å². The van der Waals surface area contributed by atoms with E-state index in [0.717, 1.165) is 15.3 Å². The van der Waals surface area contributed by atoms with E-state index in [1.807, 2.05) is 36.4 Å². The van der Waals surface area contributed by atoms with Crippen LogP contribution in [0.1, 0.15) is 35.1 Å². The van der Waals surface area contributed by atoms with E-state index in [1.54, 1.807) is 18.3 Å². The van der Waals surface area contributed by atoms with Crippen LogP contribution >= 0.6 is 30.8 Å². The molecule has 158 valence electrons. The molecule has 0 aliphatic carbocycles. The summed E-state index contributed by atoms with van der Waals surface area (Å²) in [6.45, 7) is 2.59. The van der Waals surface area contributed by atoms with Crippen molar-refractivity contribution in [3.05, 3.63) is 56.7 Å². The van der Waals surface area contributed by atoms with Gasteiger partial charge >= 0.3 is 7.82 Å². The Morgan fingerprint density at radius 3 is 2.66 bits per heavy atom. The Morgan fingerprint density at radius 1 is 1.24 bits per heavy atom. The maximum Gasteiger partial charge on any atom is 0.469 e. The number of thiophene rings is 1. The highest BCUT2D eigenvalue weighted by Gasteiger charge is 2.24. The third kappa shape index (κ3) is 10.4. The van der Waals surface area contributed by atoms with Gasteiger partial charge in [0.15, 0.2) is 0 Å². The molecule has 0 bridgehead atoms. The minimum absolute atomic E-state index is 0.203. The lowest BCUT2D eigenvalue weighted by Gasteiger charge is -2.24. The number of rotatable bonds is 10. The highest BCUT2D eigenvalue weighted by Crippen LogP contribution is 2.37. The standard InChI is InChI=1S/C20H25ClNO5PS/c1-20(22,15-27-28(23,24)25)12-11-19-10-9-18(29-19)4-2-3-13-26-14-16-5-7-17(21)8-6-16/h5-10H,3,11-15,22H2,1H3,(H2,23,24,25). The Kier molecular flexibility index (Phi) is 9.35. The number of phosphoric acid groups is 1. The topological polar surface area (TPSA) is 102 Å². The second kappa shape index (κ2) is 11.3. The Bertz CT molecular complexity index is 882. The normalized spacial score (nSPS) is 13.6. The number of phosphoric ester groups is 1. The average Bonchev–Trinajstić information content (AvgIpc) is 3.10. The maximum atomic E-state index is 10.8. The lowest BCUT2D eigenvalue weighted by Crippen LogP contribution is -2.41. The fourth-order valence-corrected chi connectivity index (χ4v) is 3.81. The van der Waals surface area contributed by atoms with Crippen molar-refractivity contribution >= 4 is 30.8 Å². The summed E-state index contributed by atoms with van der Waals surface area (Å²) in [5, 5.41) is 0.709. The molecule has 1 unspecified atom stereocenters. The fourth-order valence-electron chi connectivity index (χ4n) is 2.34. The van der Waals surface area contributed by atoms with Crippen molar-refractivity contribution < 1.29 is 23.6 Å². The van der Waals surface area contributed by atoms with Gasteiger partial charge in [0.1, 0.15) is 0 Å². The van der Waals surface area contributed by atoms with E-state index in [2.05, 4.69) is 16.4 Å². The number of halogens is 1. The van der Waals surface area contributed by atoms with Crippen LogP contribution in [0.15, 0.2) is 36.4 Å². The van der Waals surface area contributed by atoms with Crippen LogP contribution in [0.4, 0.5) is 0 Å². The minimum atomic E-state index is -4.51. The van der Waals surface area contributed by atoms with Gasteiger partial charge in [0, 0.05) is 21.9 Å². The molecule has 1 atom stereocenters. The quantitative estimate of drug-likeness (QED) is 0.282. The van der Waals surface area contributed by atoms with Crippen molar-refractivity contribution in [1.82, 2.24) is 0 Å². The zero-order valence-electron chi connectivity index (χ0n) is 16.1. The number of nitrogens with two attached hydrogens (primary N) is 1. The Labute approximate surface area is 180 Å². The molecular formula is C20H25ClNO5PS. The van der Waals surface area contributed by atoms with Gasteiger partial charge in [-0.3, -0.25) is 4.52 Å². The van der Waals surface area contributed by atoms with Gasteiger partial charge in [-0.15, -0.1) is 11.3 Å². The van der Waals surface area contributed by atoms with Gasteiger partial charge in [-0.25, -0.2) is 4.57 Å². The van der Waals surface area contributed by atoms with Crippen LogP contribution in [0, 0.1) is 11.8 Å². The molecule has 1 aromatic heterocycles. The highest BCUT2D eigenvalue weighted by atomic mass is 35.5. The summed E-state index contributed by atoms with van der Waals surface area (Å²) in [6, 6.07) is 11.5. The monoisotopic (exact) mass is 457 g/mol. The molecule has 1 heterocycles. The van der Waals surface area contributed by atoms with Crippen molar-refractivity contribution in [2.75, 3.05) is 13.2 Å². The van der Waals surface area contributed by atoms with Gasteiger partial charge in [0.25, 0.3) is 0 Å². The van der Waals surface area contributed by atoms with Crippen LogP contribution in [-0.4, -0.2) is 28.5 Å². The predicted molar refractivity (Wildman–Crippen MR) is 116 cm³/mol. The van der Waals surface area contributed by atoms with E-state index in [4.69, 9.17) is 31.9 Å². The van der Waals surface area contributed by atoms with Gasteiger partial charge in [0.05, 0.1) is 24.7 Å². The summed E-state index contributed by atoms with van der Waals surface area (Å²) in [4.78, 5) is 19.6. The van der Waals surface area contributed by atoms with Crippen LogP contribution in [-0.2, 0) is 26.9 Å². The largest absolute Gasteiger partial charge is 0.469 e. The molecule has 0 amide bonds. The smallest absolute Gasteiger partial charge is 0.376 e. The van der Waals surface area contributed by atoms with Crippen molar-refractivity contribution in [3.63, 3.8) is 0 Å². The molecule has 0 fully saturated rings. The van der Waals surface area contributed by atoms with Crippen molar-refractivity contribution in [3.8, 4) is 11.8 Å². The SMILES string of the molecule is CC(N)(CCc1ccc(C#CCCOCc2ccc(Cl)cc2)s1)COP(=O)(O)O. The first-order chi connectivity index (χ1) is 13.6. The Morgan fingerprint density at radius 2 is 1.97 bits per heavy atom. The van der Waals surface area contributed by atoms with Crippen LogP contribution < -0.4 is 5.73 Å². The van der Waals surface area contributed by atoms with Gasteiger partial charge < -0.3 is 20.3 Å². The molecule has 1 aromatic carbocycles. The summed E-state index contributed by atoms with van der Waals surface area (Å²) in [7, 11) is -4.51. The van der Waals surface area contributed by atoms with Gasteiger partial charge in [0.2, 0.25) is 0 Å². The summed E-state index contributed by atoms with van der Waals surface area (Å²) in [5.41, 5.74) is 6.29. The van der Waals surface area contributed by atoms with Crippen LogP contribution in [0.5, 0.6) is 0 Å². The second-order valence-corrected chi connectivity index (χ2v) is 9.76. The van der Waals surface area contributed by atoms with Crippen molar-refractivity contribution in [1.29, 1.82) is 0 Å². The number of hydrogen-bond acceptors (Lipinski definition) is 5. The number of aryl methyl sites for hydroxylation is 1. The summed E-state index contributed by atoms with van der Waals surface area (Å²) in [6.07, 6.45) is 1.87. The zero-order chi connectivity index (χ0) is 21.3. The van der Waals surface area contributed by atoms with E-state index >= 15 is 0 Å². The molecule has 0 spiro atoms. The predicted octanol–water partition coefficient (Wildman–Crippen LogP) is 4.12. The molecular weight excluding hydrogens is 433 g/mol. The molecule has 2 rings (SSSR count). The molecule has 0 saturated carbocycles. The van der Waals surface area contributed by atoms with E-state index in [-0.39, 0.29) is 6.61 Å². The molecule has 9 heteroatoms. The molecule has 4 N–H and O–H groups in total. The minimum Gasteiger partial charge on any atom is -0.376 e. The summed E-state index contributed by atoms with van der Waals surface area (Å²) >= 11 is 7.43. The molecule has 0 radical (unpaired) electrons. The summed E-state index contributed by atoms with van der Waals surface area (Å²) < 4.78 is 20.9.